The molecule has 5 nitrogen and oxygen atoms in total. The number of benzene rings is 1. The first kappa shape index (κ1) is 18.6. The molecule has 1 amide bonds. The van der Waals surface area contributed by atoms with E-state index in [1.807, 2.05) is 13.8 Å². The van der Waals surface area contributed by atoms with Crippen LogP contribution in [0.1, 0.15) is 19.4 Å². The molecule has 130 valence electrons. The molecule has 2 atom stereocenters. The van der Waals surface area contributed by atoms with Gasteiger partial charge < -0.3 is 9.47 Å². The largest absolute Gasteiger partial charge is 0.497 e. The predicted octanol–water partition coefficient (Wildman–Crippen LogP) is 3.75. The molecular weight excluding hydrogens is 351 g/mol. The number of halogens is 2. The molecule has 1 aliphatic carbocycles. The summed E-state index contributed by atoms with van der Waals surface area (Å²) in [6, 6.07) is 5.34. The molecule has 0 radical (unpaired) electrons. The number of hydrazone groups is 1. The number of carbonyl (C=O) groups is 1. The van der Waals surface area contributed by atoms with Crippen molar-refractivity contribution in [3.63, 3.8) is 0 Å². The van der Waals surface area contributed by atoms with Gasteiger partial charge in [-0.3, -0.25) is 4.79 Å². The standard InChI is InChI=1S/C17H20Cl2N2O3/c1-17(2)12(8-14(18)19)15(17)16(22)21-20-9-10-5-6-11(23-3)7-13(10)24-4/h5-9,12,15H,1-4H3,(H,21,22)/b20-9-/t12-,15-/m0/s1. The molecular formula is C17H20Cl2N2O3. The van der Waals surface area contributed by atoms with Crippen LogP contribution in [-0.4, -0.2) is 26.3 Å². The second kappa shape index (κ2) is 7.45. The van der Waals surface area contributed by atoms with E-state index in [0.29, 0.717) is 11.5 Å². The zero-order valence-electron chi connectivity index (χ0n) is 14.0. The lowest BCUT2D eigenvalue weighted by molar-refractivity contribution is -0.123. The predicted molar refractivity (Wildman–Crippen MR) is 95.8 cm³/mol. The fourth-order valence-corrected chi connectivity index (χ4v) is 3.06. The van der Waals surface area contributed by atoms with E-state index >= 15 is 0 Å². The van der Waals surface area contributed by atoms with Crippen LogP contribution < -0.4 is 14.9 Å². The van der Waals surface area contributed by atoms with Crippen LogP contribution in [0.4, 0.5) is 0 Å². The normalized spacial score (nSPS) is 21.2. The average molecular weight is 371 g/mol. The van der Waals surface area contributed by atoms with E-state index in [0.717, 1.165) is 5.56 Å². The van der Waals surface area contributed by atoms with Crippen molar-refractivity contribution in [1.29, 1.82) is 0 Å². The summed E-state index contributed by atoms with van der Waals surface area (Å²) in [5, 5.41) is 4.01. The maximum atomic E-state index is 12.3. The number of rotatable bonds is 6. The van der Waals surface area contributed by atoms with E-state index < -0.39 is 0 Å². The lowest BCUT2D eigenvalue weighted by Gasteiger charge is -2.07. The van der Waals surface area contributed by atoms with Crippen molar-refractivity contribution in [2.75, 3.05) is 14.2 Å². The highest BCUT2D eigenvalue weighted by molar-refractivity contribution is 6.55. The molecule has 1 aliphatic rings. The molecule has 0 saturated heterocycles. The summed E-state index contributed by atoms with van der Waals surface area (Å²) in [6.45, 7) is 3.98. The summed E-state index contributed by atoms with van der Waals surface area (Å²) >= 11 is 11.4. The van der Waals surface area contributed by atoms with E-state index in [4.69, 9.17) is 32.7 Å². The highest BCUT2D eigenvalue weighted by Gasteiger charge is 2.60. The van der Waals surface area contributed by atoms with Crippen molar-refractivity contribution in [2.45, 2.75) is 13.8 Å². The van der Waals surface area contributed by atoms with Crippen LogP contribution in [0.15, 0.2) is 33.9 Å². The van der Waals surface area contributed by atoms with Crippen LogP contribution in [0.25, 0.3) is 0 Å². The molecule has 1 fully saturated rings. The second-order valence-corrected chi connectivity index (χ2v) is 7.13. The molecule has 0 bridgehead atoms. The Morgan fingerprint density at radius 3 is 2.58 bits per heavy atom. The van der Waals surface area contributed by atoms with Gasteiger partial charge in [0.25, 0.3) is 0 Å². The molecule has 1 N–H and O–H groups in total. The zero-order chi connectivity index (χ0) is 17.9. The molecule has 1 aromatic rings. The van der Waals surface area contributed by atoms with Crippen molar-refractivity contribution >= 4 is 35.3 Å². The van der Waals surface area contributed by atoms with Gasteiger partial charge in [-0.15, -0.1) is 0 Å². The van der Waals surface area contributed by atoms with Gasteiger partial charge in [0.1, 0.15) is 16.0 Å². The molecule has 7 heteroatoms. The van der Waals surface area contributed by atoms with Gasteiger partial charge in [0.15, 0.2) is 0 Å². The fraction of sp³-hybridized carbons (Fsp3) is 0.412. The Hall–Kier alpha value is -1.72. The SMILES string of the molecule is COc1ccc(/C=N\NC(=O)[C@@H]2[C@H](C=C(Cl)Cl)C2(C)C)c(OC)c1. The Morgan fingerprint density at radius 1 is 1.29 bits per heavy atom. The number of ether oxygens (including phenoxy) is 2. The Balaban J connectivity index is 2.02. The van der Waals surface area contributed by atoms with E-state index in [1.54, 1.807) is 38.5 Å². The molecule has 0 heterocycles. The van der Waals surface area contributed by atoms with Gasteiger partial charge in [-0.1, -0.05) is 37.0 Å². The third kappa shape index (κ3) is 4.02. The topological polar surface area (TPSA) is 59.9 Å². The van der Waals surface area contributed by atoms with Gasteiger partial charge in [0, 0.05) is 11.6 Å². The molecule has 0 unspecified atom stereocenters. The molecule has 2 rings (SSSR count). The first-order valence-electron chi connectivity index (χ1n) is 7.39. The smallest absolute Gasteiger partial charge is 0.244 e. The minimum absolute atomic E-state index is 0.00761. The minimum atomic E-state index is -0.208. The van der Waals surface area contributed by atoms with Gasteiger partial charge >= 0.3 is 0 Å². The Kier molecular flexibility index (Phi) is 5.78. The Labute approximate surface area is 151 Å². The maximum absolute atomic E-state index is 12.3. The van der Waals surface area contributed by atoms with E-state index in [9.17, 15) is 4.79 Å². The monoisotopic (exact) mass is 370 g/mol. The second-order valence-electron chi connectivity index (χ2n) is 6.12. The number of methoxy groups -OCH3 is 2. The number of hydrogen-bond acceptors (Lipinski definition) is 4. The summed E-state index contributed by atoms with van der Waals surface area (Å²) in [5.74, 6) is 0.918. The van der Waals surface area contributed by atoms with Crippen molar-refractivity contribution in [3.8, 4) is 11.5 Å². The van der Waals surface area contributed by atoms with Crippen LogP contribution in [0.3, 0.4) is 0 Å². The van der Waals surface area contributed by atoms with Gasteiger partial charge in [0.05, 0.1) is 26.4 Å². The van der Waals surface area contributed by atoms with Gasteiger partial charge in [-0.2, -0.15) is 5.10 Å². The fourth-order valence-electron chi connectivity index (χ4n) is 2.79. The highest BCUT2D eigenvalue weighted by Crippen LogP contribution is 2.59. The van der Waals surface area contributed by atoms with Crippen LogP contribution in [-0.2, 0) is 4.79 Å². The number of allylic oxidation sites excluding steroid dienone is 1. The van der Waals surface area contributed by atoms with Crippen molar-refractivity contribution < 1.29 is 14.3 Å². The number of amides is 1. The van der Waals surface area contributed by atoms with Crippen LogP contribution in [0, 0.1) is 17.3 Å². The van der Waals surface area contributed by atoms with E-state index in [2.05, 4.69) is 10.5 Å². The van der Waals surface area contributed by atoms with Crippen molar-refractivity contribution in [1.82, 2.24) is 5.43 Å². The van der Waals surface area contributed by atoms with Crippen molar-refractivity contribution in [2.24, 2.45) is 22.4 Å². The first-order valence-corrected chi connectivity index (χ1v) is 8.14. The van der Waals surface area contributed by atoms with Crippen LogP contribution >= 0.6 is 23.2 Å². The quantitative estimate of drug-likeness (QED) is 0.612. The number of carbonyl (C=O) groups excluding carboxylic acids is 1. The number of hydrogen-bond donors (Lipinski definition) is 1. The Morgan fingerprint density at radius 2 is 2.00 bits per heavy atom. The van der Waals surface area contributed by atoms with Crippen LogP contribution in [0.2, 0.25) is 0 Å². The number of nitrogens with zero attached hydrogens (tertiary/aromatic N) is 1. The third-order valence-electron chi connectivity index (χ3n) is 4.32. The summed E-state index contributed by atoms with van der Waals surface area (Å²) < 4.78 is 10.6. The Bertz CT molecular complexity index is 682. The van der Waals surface area contributed by atoms with Crippen LogP contribution in [0.5, 0.6) is 11.5 Å². The first-order chi connectivity index (χ1) is 11.3. The van der Waals surface area contributed by atoms with Gasteiger partial charge in [-0.25, -0.2) is 5.43 Å². The molecule has 24 heavy (non-hydrogen) atoms. The molecule has 1 aromatic carbocycles. The molecule has 1 saturated carbocycles. The molecule has 0 aromatic heterocycles. The lowest BCUT2D eigenvalue weighted by Crippen LogP contribution is -2.22. The summed E-state index contributed by atoms with van der Waals surface area (Å²) in [7, 11) is 3.14. The van der Waals surface area contributed by atoms with Gasteiger partial charge in [0.2, 0.25) is 5.91 Å². The lowest BCUT2D eigenvalue weighted by atomic mass is 10.1. The number of nitrogens with one attached hydrogen (secondary N) is 1. The highest BCUT2D eigenvalue weighted by atomic mass is 35.5. The summed E-state index contributed by atoms with van der Waals surface area (Å²) in [4.78, 5) is 12.3. The summed E-state index contributed by atoms with van der Waals surface area (Å²) in [5.41, 5.74) is 3.10. The average Bonchev–Trinajstić information content (AvgIpc) is 3.07. The third-order valence-corrected chi connectivity index (χ3v) is 4.57. The maximum Gasteiger partial charge on any atom is 0.244 e. The summed E-state index contributed by atoms with van der Waals surface area (Å²) in [6.07, 6.45) is 3.23. The van der Waals surface area contributed by atoms with Crippen molar-refractivity contribution in [3.05, 3.63) is 34.3 Å². The molecule has 0 aliphatic heterocycles. The van der Waals surface area contributed by atoms with Gasteiger partial charge in [-0.05, 0) is 29.5 Å². The zero-order valence-corrected chi connectivity index (χ0v) is 15.5. The minimum Gasteiger partial charge on any atom is -0.497 e. The molecule has 0 spiro atoms. The van der Waals surface area contributed by atoms with E-state index in [-0.39, 0.29) is 27.6 Å². The van der Waals surface area contributed by atoms with E-state index in [1.165, 1.54) is 6.21 Å².